The van der Waals surface area contributed by atoms with Crippen molar-refractivity contribution in [2.75, 3.05) is 39.1 Å². The molecule has 2 heterocycles. The van der Waals surface area contributed by atoms with Gasteiger partial charge < -0.3 is 21.3 Å². The highest BCUT2D eigenvalue weighted by Crippen LogP contribution is 2.28. The minimum absolute atomic E-state index is 0.111. The molecule has 0 amide bonds. The summed E-state index contributed by atoms with van der Waals surface area (Å²) in [6.45, 7) is 2.37. The van der Waals surface area contributed by atoms with Crippen molar-refractivity contribution in [3.63, 3.8) is 0 Å². The van der Waals surface area contributed by atoms with Crippen LogP contribution in [0.25, 0.3) is 0 Å². The summed E-state index contributed by atoms with van der Waals surface area (Å²) in [5.74, 6) is 1.60. The number of pyridine rings is 1. The molecule has 1 fully saturated rings. The van der Waals surface area contributed by atoms with Gasteiger partial charge in [0, 0.05) is 26.3 Å². The number of likely N-dealkylation sites (tertiary alicyclic amines) is 1. The minimum atomic E-state index is -0.111. The van der Waals surface area contributed by atoms with E-state index in [4.69, 9.17) is 11.5 Å². The molecule has 1 aliphatic rings. The molecule has 170 valence electrons. The topological polar surface area (TPSA) is 71.4 Å². The Kier molecular flexibility index (Phi) is 8.80. The van der Waals surface area contributed by atoms with Gasteiger partial charge in [-0.1, -0.05) is 66.7 Å². The Morgan fingerprint density at radius 3 is 1.88 bits per heavy atom. The predicted octanol–water partition coefficient (Wildman–Crippen LogP) is 4.22. The quantitative estimate of drug-likeness (QED) is 0.633. The fourth-order valence-corrected chi connectivity index (χ4v) is 4.03. The Morgan fingerprint density at radius 2 is 1.38 bits per heavy atom. The van der Waals surface area contributed by atoms with Gasteiger partial charge in [0.15, 0.2) is 0 Å². The number of piperidine rings is 1. The SMILES string of the molecule is CN(C)c1ccc(C(N)c2ccccc2)cn1.CN1CCC(C(N)c2ccccc2)CC1. The molecule has 5 heteroatoms. The molecule has 2 unspecified atom stereocenters. The highest BCUT2D eigenvalue weighted by Gasteiger charge is 2.23. The fraction of sp³-hybridized carbons (Fsp3) is 0.370. The van der Waals surface area contributed by atoms with Crippen LogP contribution in [0.5, 0.6) is 0 Å². The third-order valence-electron chi connectivity index (χ3n) is 6.20. The van der Waals surface area contributed by atoms with E-state index in [9.17, 15) is 0 Å². The first-order chi connectivity index (χ1) is 15.5. The molecular weight excluding hydrogens is 394 g/mol. The van der Waals surface area contributed by atoms with E-state index in [1.165, 1.54) is 31.5 Å². The van der Waals surface area contributed by atoms with Crippen LogP contribution in [0.1, 0.15) is 41.6 Å². The lowest BCUT2D eigenvalue weighted by atomic mass is 9.86. The van der Waals surface area contributed by atoms with Gasteiger partial charge in [-0.05, 0) is 61.7 Å². The number of benzene rings is 2. The van der Waals surface area contributed by atoms with Crippen molar-refractivity contribution in [2.24, 2.45) is 17.4 Å². The summed E-state index contributed by atoms with van der Waals surface area (Å²) in [5, 5.41) is 0. The van der Waals surface area contributed by atoms with E-state index < -0.39 is 0 Å². The van der Waals surface area contributed by atoms with Crippen LogP contribution in [0.4, 0.5) is 5.82 Å². The lowest BCUT2D eigenvalue weighted by molar-refractivity contribution is 0.199. The summed E-state index contributed by atoms with van der Waals surface area (Å²) in [7, 11) is 6.13. The summed E-state index contributed by atoms with van der Waals surface area (Å²) >= 11 is 0. The summed E-state index contributed by atoms with van der Waals surface area (Å²) in [6.07, 6.45) is 4.30. The first-order valence-electron chi connectivity index (χ1n) is 11.4. The zero-order chi connectivity index (χ0) is 22.9. The van der Waals surface area contributed by atoms with Crippen LogP contribution in [-0.4, -0.2) is 44.1 Å². The third kappa shape index (κ3) is 6.63. The number of nitrogens with zero attached hydrogens (tertiary/aromatic N) is 3. The average Bonchev–Trinajstić information content (AvgIpc) is 2.85. The largest absolute Gasteiger partial charge is 0.363 e. The summed E-state index contributed by atoms with van der Waals surface area (Å²) in [4.78, 5) is 8.72. The lowest BCUT2D eigenvalue weighted by Gasteiger charge is -2.32. The standard InChI is InChI=1S/C14H17N3.C13H20N2/c1-17(2)13-9-8-12(10-16-13)14(15)11-6-4-3-5-7-11;1-15-9-7-12(8-10-15)13(14)11-5-3-2-4-6-11/h3-10,14H,15H2,1-2H3;2-6,12-13H,7-10,14H2,1H3. The van der Waals surface area contributed by atoms with E-state index in [-0.39, 0.29) is 12.1 Å². The molecule has 5 nitrogen and oxygen atoms in total. The van der Waals surface area contributed by atoms with Crippen molar-refractivity contribution in [1.29, 1.82) is 0 Å². The molecule has 0 spiro atoms. The maximum absolute atomic E-state index is 6.30. The van der Waals surface area contributed by atoms with Gasteiger partial charge in [0.25, 0.3) is 0 Å². The number of hydrogen-bond donors (Lipinski definition) is 2. The molecule has 1 aliphatic heterocycles. The molecule has 0 radical (unpaired) electrons. The minimum Gasteiger partial charge on any atom is -0.363 e. The molecule has 0 bridgehead atoms. The normalized spacial score (nSPS) is 16.5. The number of hydrogen-bond acceptors (Lipinski definition) is 5. The van der Waals surface area contributed by atoms with Crippen molar-refractivity contribution in [2.45, 2.75) is 24.9 Å². The average molecular weight is 432 g/mol. The van der Waals surface area contributed by atoms with E-state index in [1.54, 1.807) is 0 Å². The molecule has 2 aromatic carbocycles. The van der Waals surface area contributed by atoms with Crippen LogP contribution >= 0.6 is 0 Å². The van der Waals surface area contributed by atoms with Gasteiger partial charge >= 0.3 is 0 Å². The molecule has 4 rings (SSSR count). The highest BCUT2D eigenvalue weighted by atomic mass is 15.1. The molecule has 3 aromatic rings. The van der Waals surface area contributed by atoms with Crippen molar-refractivity contribution >= 4 is 5.82 Å². The van der Waals surface area contributed by atoms with Gasteiger partial charge in [0.2, 0.25) is 0 Å². The van der Waals surface area contributed by atoms with Gasteiger partial charge in [-0.15, -0.1) is 0 Å². The number of aromatic nitrogens is 1. The van der Waals surface area contributed by atoms with Crippen LogP contribution < -0.4 is 16.4 Å². The summed E-state index contributed by atoms with van der Waals surface area (Å²) < 4.78 is 0. The lowest BCUT2D eigenvalue weighted by Crippen LogP contribution is -2.35. The molecule has 1 saturated heterocycles. The van der Waals surface area contributed by atoms with Crippen molar-refractivity contribution in [3.8, 4) is 0 Å². The van der Waals surface area contributed by atoms with Gasteiger partial charge in [-0.3, -0.25) is 0 Å². The Hall–Kier alpha value is -2.73. The highest BCUT2D eigenvalue weighted by molar-refractivity contribution is 5.39. The second kappa shape index (κ2) is 11.8. The number of anilines is 1. The zero-order valence-corrected chi connectivity index (χ0v) is 19.6. The Labute approximate surface area is 193 Å². The van der Waals surface area contributed by atoms with Crippen molar-refractivity contribution < 1.29 is 0 Å². The second-order valence-corrected chi connectivity index (χ2v) is 8.81. The maximum atomic E-state index is 6.30. The molecule has 0 aliphatic carbocycles. The van der Waals surface area contributed by atoms with Gasteiger partial charge in [-0.2, -0.15) is 0 Å². The van der Waals surface area contributed by atoms with E-state index in [1.807, 2.05) is 73.7 Å². The molecule has 2 atom stereocenters. The molecule has 32 heavy (non-hydrogen) atoms. The summed E-state index contributed by atoms with van der Waals surface area (Å²) in [5.41, 5.74) is 15.9. The third-order valence-corrected chi connectivity index (χ3v) is 6.20. The van der Waals surface area contributed by atoms with Crippen molar-refractivity contribution in [3.05, 3.63) is 95.7 Å². The molecule has 4 N–H and O–H groups in total. The monoisotopic (exact) mass is 431 g/mol. The van der Waals surface area contributed by atoms with Crippen LogP contribution in [0, 0.1) is 5.92 Å². The first kappa shape index (κ1) is 23.9. The zero-order valence-electron chi connectivity index (χ0n) is 19.6. The van der Waals surface area contributed by atoms with Crippen LogP contribution in [0.2, 0.25) is 0 Å². The van der Waals surface area contributed by atoms with Crippen LogP contribution in [0.3, 0.4) is 0 Å². The van der Waals surface area contributed by atoms with Crippen LogP contribution in [0.15, 0.2) is 79.0 Å². The summed E-state index contributed by atoms with van der Waals surface area (Å²) in [6, 6.07) is 24.6. The van der Waals surface area contributed by atoms with E-state index in [0.717, 1.165) is 16.9 Å². The van der Waals surface area contributed by atoms with E-state index in [2.05, 4.69) is 41.2 Å². The smallest absolute Gasteiger partial charge is 0.127 e. The van der Waals surface area contributed by atoms with Crippen molar-refractivity contribution in [1.82, 2.24) is 9.88 Å². The Bertz CT molecular complexity index is 904. The van der Waals surface area contributed by atoms with E-state index in [0.29, 0.717) is 5.92 Å². The second-order valence-electron chi connectivity index (χ2n) is 8.81. The predicted molar refractivity (Wildman–Crippen MR) is 135 cm³/mol. The molecule has 1 aromatic heterocycles. The van der Waals surface area contributed by atoms with Gasteiger partial charge in [-0.25, -0.2) is 4.98 Å². The van der Waals surface area contributed by atoms with E-state index >= 15 is 0 Å². The maximum Gasteiger partial charge on any atom is 0.127 e. The Morgan fingerprint density at radius 1 is 0.812 bits per heavy atom. The van der Waals surface area contributed by atoms with Crippen LogP contribution in [-0.2, 0) is 0 Å². The van der Waals surface area contributed by atoms with Gasteiger partial charge in [0.1, 0.15) is 5.82 Å². The molecular formula is C27H37N5. The first-order valence-corrected chi connectivity index (χ1v) is 11.4. The number of rotatable bonds is 5. The Balaban J connectivity index is 0.000000182. The number of nitrogens with two attached hydrogens (primary N) is 2. The molecule has 0 saturated carbocycles. The fourth-order valence-electron chi connectivity index (χ4n) is 4.03. The van der Waals surface area contributed by atoms with Gasteiger partial charge in [0.05, 0.1) is 6.04 Å².